The second-order valence-electron chi connectivity index (χ2n) is 2.55. The van der Waals surface area contributed by atoms with Crippen LogP contribution in [-0.2, 0) is 0 Å². The lowest BCUT2D eigenvalue weighted by atomic mass is 10.2. The Labute approximate surface area is 75.1 Å². The summed E-state index contributed by atoms with van der Waals surface area (Å²) in [5.74, 6) is 0. The molecule has 0 saturated heterocycles. The Morgan fingerprint density at radius 3 is 3.17 bits per heavy atom. The molecule has 1 aromatic rings. The average molecular weight is 182 g/mol. The Bertz CT molecular complexity index is 306. The first-order valence-corrected chi connectivity index (χ1v) is 4.62. The molecular formula is C8H10N2OS. The van der Waals surface area contributed by atoms with E-state index < -0.39 is 0 Å². The van der Waals surface area contributed by atoms with Crippen molar-refractivity contribution in [2.75, 3.05) is 20.2 Å². The summed E-state index contributed by atoms with van der Waals surface area (Å²) in [6.45, 7) is 1.92. The minimum Gasteiger partial charge on any atom is -0.473 e. The molecule has 0 radical (unpaired) electrons. The minimum absolute atomic E-state index is 0.734. The molecule has 0 fully saturated rings. The van der Waals surface area contributed by atoms with Crippen LogP contribution in [0, 0.1) is 0 Å². The largest absolute Gasteiger partial charge is 0.473 e. The van der Waals surface area contributed by atoms with Crippen LogP contribution in [0.5, 0.6) is 5.19 Å². The molecule has 3 nitrogen and oxygen atoms in total. The molecule has 1 N–H and O–H groups in total. The number of aromatic nitrogens is 1. The molecule has 2 heterocycles. The number of ether oxygens (including phenoxy) is 1. The third-order valence-corrected chi connectivity index (χ3v) is 2.82. The van der Waals surface area contributed by atoms with Gasteiger partial charge in [0.05, 0.1) is 12.0 Å². The van der Waals surface area contributed by atoms with Gasteiger partial charge in [0.15, 0.2) is 0 Å². The summed E-state index contributed by atoms with van der Waals surface area (Å²) < 4.78 is 5.01. The highest BCUT2D eigenvalue weighted by Crippen LogP contribution is 2.27. The predicted octanol–water partition coefficient (Wildman–Crippen LogP) is 1.14. The molecule has 0 aromatic carbocycles. The Balaban J connectivity index is 2.22. The van der Waals surface area contributed by atoms with Crippen LogP contribution in [0.2, 0.25) is 0 Å². The molecule has 0 saturated carbocycles. The molecule has 0 unspecified atom stereocenters. The quantitative estimate of drug-likeness (QED) is 0.744. The van der Waals surface area contributed by atoms with E-state index in [4.69, 9.17) is 4.74 Å². The molecule has 1 aliphatic rings. The van der Waals surface area contributed by atoms with Gasteiger partial charge in [-0.3, -0.25) is 0 Å². The number of hydrogen-bond acceptors (Lipinski definition) is 4. The number of nitrogens with zero attached hydrogens (tertiary/aromatic N) is 1. The van der Waals surface area contributed by atoms with Crippen molar-refractivity contribution in [2.45, 2.75) is 0 Å². The van der Waals surface area contributed by atoms with Gasteiger partial charge in [-0.2, -0.15) is 0 Å². The zero-order chi connectivity index (χ0) is 8.39. The lowest BCUT2D eigenvalue weighted by Gasteiger charge is -1.93. The Morgan fingerprint density at radius 1 is 1.67 bits per heavy atom. The maximum absolute atomic E-state index is 5.01. The van der Waals surface area contributed by atoms with Crippen LogP contribution in [0.1, 0.15) is 4.88 Å². The summed E-state index contributed by atoms with van der Waals surface area (Å²) in [6, 6.07) is 0. The molecule has 0 aliphatic carbocycles. The van der Waals surface area contributed by atoms with Crippen LogP contribution >= 0.6 is 11.3 Å². The van der Waals surface area contributed by atoms with Crippen LogP contribution < -0.4 is 10.1 Å². The fourth-order valence-corrected chi connectivity index (χ4v) is 1.93. The molecule has 4 heteroatoms. The van der Waals surface area contributed by atoms with Gasteiger partial charge in [0.1, 0.15) is 0 Å². The molecule has 64 valence electrons. The summed E-state index contributed by atoms with van der Waals surface area (Å²) in [5, 5.41) is 3.98. The van der Waals surface area contributed by atoms with E-state index in [2.05, 4.69) is 16.4 Å². The molecule has 0 bridgehead atoms. The van der Waals surface area contributed by atoms with E-state index in [9.17, 15) is 0 Å². The standard InChI is InChI=1S/C8H10N2OS/c1-11-8-10-5-7(12-8)6-2-3-9-4-6/h2,5,9H,3-4H2,1H3. The van der Waals surface area contributed by atoms with Crippen LogP contribution in [0.3, 0.4) is 0 Å². The van der Waals surface area contributed by atoms with Gasteiger partial charge >= 0.3 is 0 Å². The number of nitrogens with one attached hydrogen (secondary N) is 1. The number of thiazole rings is 1. The summed E-state index contributed by atoms with van der Waals surface area (Å²) in [4.78, 5) is 5.31. The highest BCUT2D eigenvalue weighted by atomic mass is 32.1. The van der Waals surface area contributed by atoms with Gasteiger partial charge < -0.3 is 10.1 Å². The van der Waals surface area contributed by atoms with E-state index in [0.717, 1.165) is 18.3 Å². The number of rotatable bonds is 2. The van der Waals surface area contributed by atoms with Crippen molar-refractivity contribution < 1.29 is 4.74 Å². The monoisotopic (exact) mass is 182 g/mol. The summed E-state index contributed by atoms with van der Waals surface area (Å²) in [5.41, 5.74) is 1.33. The maximum atomic E-state index is 5.01. The van der Waals surface area contributed by atoms with Gasteiger partial charge in [0, 0.05) is 19.3 Å². The van der Waals surface area contributed by atoms with E-state index in [1.165, 1.54) is 10.5 Å². The first kappa shape index (κ1) is 7.76. The van der Waals surface area contributed by atoms with E-state index in [1.807, 2.05) is 6.20 Å². The van der Waals surface area contributed by atoms with Crippen molar-refractivity contribution in [1.82, 2.24) is 10.3 Å². The van der Waals surface area contributed by atoms with E-state index in [-0.39, 0.29) is 0 Å². The fraction of sp³-hybridized carbons (Fsp3) is 0.375. The summed E-state index contributed by atoms with van der Waals surface area (Å²) >= 11 is 1.59. The maximum Gasteiger partial charge on any atom is 0.273 e. The van der Waals surface area contributed by atoms with Gasteiger partial charge in [0.2, 0.25) is 0 Å². The second kappa shape index (κ2) is 3.25. The molecule has 0 amide bonds. The van der Waals surface area contributed by atoms with Crippen molar-refractivity contribution in [3.05, 3.63) is 17.2 Å². The molecule has 1 aromatic heterocycles. The van der Waals surface area contributed by atoms with E-state index >= 15 is 0 Å². The van der Waals surface area contributed by atoms with Gasteiger partial charge in [-0.25, -0.2) is 4.98 Å². The van der Waals surface area contributed by atoms with E-state index in [1.54, 1.807) is 18.4 Å². The first-order valence-electron chi connectivity index (χ1n) is 3.80. The predicted molar refractivity (Wildman–Crippen MR) is 49.5 cm³/mol. The molecule has 0 spiro atoms. The summed E-state index contributed by atoms with van der Waals surface area (Å²) in [6.07, 6.45) is 4.05. The third-order valence-electron chi connectivity index (χ3n) is 1.78. The van der Waals surface area contributed by atoms with Gasteiger partial charge in [-0.05, 0) is 5.57 Å². The smallest absolute Gasteiger partial charge is 0.273 e. The second-order valence-corrected chi connectivity index (χ2v) is 3.55. The fourth-order valence-electron chi connectivity index (χ4n) is 1.16. The van der Waals surface area contributed by atoms with Crippen molar-refractivity contribution in [3.8, 4) is 5.19 Å². The first-order chi connectivity index (χ1) is 5.90. The summed E-state index contributed by atoms with van der Waals surface area (Å²) in [7, 11) is 1.64. The Morgan fingerprint density at radius 2 is 2.58 bits per heavy atom. The van der Waals surface area contributed by atoms with Crippen molar-refractivity contribution >= 4 is 16.9 Å². The molecular weight excluding hydrogens is 172 g/mol. The van der Waals surface area contributed by atoms with Crippen LogP contribution in [0.25, 0.3) is 5.57 Å². The van der Waals surface area contributed by atoms with Crippen LogP contribution in [0.15, 0.2) is 12.3 Å². The van der Waals surface area contributed by atoms with Gasteiger partial charge in [-0.1, -0.05) is 17.4 Å². The lowest BCUT2D eigenvalue weighted by molar-refractivity contribution is 0.412. The zero-order valence-corrected chi connectivity index (χ0v) is 7.65. The van der Waals surface area contributed by atoms with Gasteiger partial charge in [-0.15, -0.1) is 0 Å². The zero-order valence-electron chi connectivity index (χ0n) is 6.83. The van der Waals surface area contributed by atoms with E-state index in [0.29, 0.717) is 0 Å². The van der Waals surface area contributed by atoms with Crippen LogP contribution in [0.4, 0.5) is 0 Å². The van der Waals surface area contributed by atoms with Crippen molar-refractivity contribution in [1.29, 1.82) is 0 Å². The highest BCUT2D eigenvalue weighted by Gasteiger charge is 2.09. The topological polar surface area (TPSA) is 34.1 Å². The highest BCUT2D eigenvalue weighted by molar-refractivity contribution is 7.14. The van der Waals surface area contributed by atoms with Crippen molar-refractivity contribution in [2.24, 2.45) is 0 Å². The Kier molecular flexibility index (Phi) is 2.10. The average Bonchev–Trinajstić information content (AvgIpc) is 2.75. The van der Waals surface area contributed by atoms with Gasteiger partial charge in [0.25, 0.3) is 5.19 Å². The molecule has 12 heavy (non-hydrogen) atoms. The number of hydrogen-bond donors (Lipinski definition) is 1. The molecule has 1 aliphatic heterocycles. The van der Waals surface area contributed by atoms with Crippen LogP contribution in [-0.4, -0.2) is 25.2 Å². The SMILES string of the molecule is COc1ncc(C2=CCNC2)s1. The molecule has 2 rings (SSSR count). The Hall–Kier alpha value is -0.870. The minimum atomic E-state index is 0.734. The normalized spacial score (nSPS) is 16.2. The third kappa shape index (κ3) is 1.35. The number of methoxy groups -OCH3 is 1. The lowest BCUT2D eigenvalue weighted by Crippen LogP contribution is -2.07. The van der Waals surface area contributed by atoms with Crippen molar-refractivity contribution in [3.63, 3.8) is 0 Å². The molecule has 0 atom stereocenters.